The second-order valence-electron chi connectivity index (χ2n) is 4.98. The van der Waals surface area contributed by atoms with Crippen molar-refractivity contribution >= 4 is 51.1 Å². The van der Waals surface area contributed by atoms with Crippen molar-refractivity contribution in [1.82, 2.24) is 5.32 Å². The minimum absolute atomic E-state index is 0.291. The van der Waals surface area contributed by atoms with Crippen LogP contribution in [0.4, 0.5) is 5.69 Å². The number of hydrogen-bond acceptors (Lipinski definition) is 3. The number of rotatable bonds is 5. The summed E-state index contributed by atoms with van der Waals surface area (Å²) in [5.41, 5.74) is 1.52. The molecule has 0 fully saturated rings. The first-order valence-corrected chi connectivity index (χ1v) is 8.46. The van der Waals surface area contributed by atoms with Crippen molar-refractivity contribution in [2.75, 3.05) is 19.5 Å². The van der Waals surface area contributed by atoms with Gasteiger partial charge in [0.25, 0.3) is 5.91 Å². The largest absolute Gasteiger partial charge is 0.496 e. The predicted molar refractivity (Wildman–Crippen MR) is 103 cm³/mol. The fraction of sp³-hybridized carbons (Fsp3) is 0.111. The number of carbonyl (C=O) groups is 2. The van der Waals surface area contributed by atoms with E-state index in [1.54, 1.807) is 31.4 Å². The minimum Gasteiger partial charge on any atom is -0.496 e. The molecule has 0 aliphatic carbocycles. The maximum absolute atomic E-state index is 12.1. The van der Waals surface area contributed by atoms with Crippen LogP contribution in [0.1, 0.15) is 15.9 Å². The van der Waals surface area contributed by atoms with Gasteiger partial charge in [-0.2, -0.15) is 0 Å². The van der Waals surface area contributed by atoms with Crippen LogP contribution in [0.5, 0.6) is 5.75 Å². The van der Waals surface area contributed by atoms with Gasteiger partial charge >= 0.3 is 0 Å². The Morgan fingerprint density at radius 1 is 1.20 bits per heavy atom. The Kier molecular flexibility index (Phi) is 6.61. The number of hydrogen-bond donors (Lipinski definition) is 2. The summed E-state index contributed by atoms with van der Waals surface area (Å²) in [4.78, 5) is 23.9. The van der Waals surface area contributed by atoms with Gasteiger partial charge in [-0.15, -0.1) is 0 Å². The second kappa shape index (κ2) is 8.69. The molecule has 0 heterocycles. The molecule has 2 N–H and O–H groups in total. The molecule has 2 amide bonds. The van der Waals surface area contributed by atoms with Crippen molar-refractivity contribution in [2.24, 2.45) is 0 Å². The molecule has 0 radical (unpaired) electrons. The highest BCUT2D eigenvalue weighted by Crippen LogP contribution is 2.24. The molecule has 0 saturated carbocycles. The van der Waals surface area contributed by atoms with Gasteiger partial charge in [0, 0.05) is 28.8 Å². The van der Waals surface area contributed by atoms with E-state index in [1.807, 2.05) is 12.1 Å². The maximum Gasteiger partial charge on any atom is 0.252 e. The summed E-state index contributed by atoms with van der Waals surface area (Å²) in [6, 6.07) is 10.2. The van der Waals surface area contributed by atoms with E-state index in [-0.39, 0.29) is 11.8 Å². The molecule has 2 rings (SSSR count). The summed E-state index contributed by atoms with van der Waals surface area (Å²) in [6.07, 6.45) is 3.03. The molecule has 0 bridgehead atoms. The van der Waals surface area contributed by atoms with E-state index in [2.05, 4.69) is 26.6 Å². The molecular weight excluding hydrogens is 408 g/mol. The molecule has 0 unspecified atom stereocenters. The number of nitrogens with one attached hydrogen (secondary N) is 2. The Bertz CT molecular complexity index is 837. The van der Waals surface area contributed by atoms with Gasteiger partial charge in [-0.1, -0.05) is 27.5 Å². The first-order chi connectivity index (χ1) is 11.9. The molecule has 7 heteroatoms. The SMILES string of the molecule is CNC(=O)c1cc(NC(=O)/C=C/c2cc(Br)ccc2OC)ccc1Cl. The van der Waals surface area contributed by atoms with Gasteiger partial charge in [-0.05, 0) is 42.5 Å². The Morgan fingerprint density at radius 3 is 2.64 bits per heavy atom. The third kappa shape index (κ3) is 5.08. The van der Waals surface area contributed by atoms with E-state index in [0.29, 0.717) is 22.0 Å². The topological polar surface area (TPSA) is 67.4 Å². The first-order valence-electron chi connectivity index (χ1n) is 7.29. The molecule has 2 aromatic rings. The lowest BCUT2D eigenvalue weighted by Crippen LogP contribution is -2.18. The van der Waals surface area contributed by atoms with Gasteiger partial charge in [0.15, 0.2) is 0 Å². The molecule has 0 aromatic heterocycles. The van der Waals surface area contributed by atoms with Crippen LogP contribution in [0.15, 0.2) is 46.9 Å². The van der Waals surface area contributed by atoms with E-state index >= 15 is 0 Å². The molecule has 0 atom stereocenters. The number of halogens is 2. The lowest BCUT2D eigenvalue weighted by molar-refractivity contribution is -0.111. The van der Waals surface area contributed by atoms with Crippen LogP contribution in [0.2, 0.25) is 5.02 Å². The van der Waals surface area contributed by atoms with Crippen molar-refractivity contribution in [3.63, 3.8) is 0 Å². The van der Waals surface area contributed by atoms with Crippen LogP contribution in [0.3, 0.4) is 0 Å². The third-order valence-corrected chi connectivity index (χ3v) is 4.13. The fourth-order valence-corrected chi connectivity index (χ4v) is 2.68. The number of benzene rings is 2. The Balaban J connectivity index is 2.15. The lowest BCUT2D eigenvalue weighted by atomic mass is 10.1. The van der Waals surface area contributed by atoms with Gasteiger partial charge in [0.2, 0.25) is 5.91 Å². The quantitative estimate of drug-likeness (QED) is 0.711. The summed E-state index contributed by atoms with van der Waals surface area (Å²) >= 11 is 9.37. The summed E-state index contributed by atoms with van der Waals surface area (Å²) < 4.78 is 6.13. The molecule has 0 spiro atoms. The zero-order valence-electron chi connectivity index (χ0n) is 13.6. The van der Waals surface area contributed by atoms with Crippen LogP contribution in [0.25, 0.3) is 6.08 Å². The average Bonchev–Trinajstić information content (AvgIpc) is 2.61. The van der Waals surface area contributed by atoms with Gasteiger partial charge in [0.1, 0.15) is 5.75 Å². The molecule has 0 aliphatic rings. The highest BCUT2D eigenvalue weighted by molar-refractivity contribution is 9.10. The lowest BCUT2D eigenvalue weighted by Gasteiger charge is -2.07. The van der Waals surface area contributed by atoms with E-state index in [0.717, 1.165) is 10.0 Å². The van der Waals surface area contributed by atoms with Gasteiger partial charge in [-0.3, -0.25) is 9.59 Å². The smallest absolute Gasteiger partial charge is 0.252 e. The highest BCUT2D eigenvalue weighted by Gasteiger charge is 2.10. The van der Waals surface area contributed by atoms with Crippen molar-refractivity contribution in [3.05, 3.63) is 63.1 Å². The number of amides is 2. The zero-order valence-corrected chi connectivity index (χ0v) is 15.9. The van der Waals surface area contributed by atoms with Crippen molar-refractivity contribution < 1.29 is 14.3 Å². The molecule has 2 aromatic carbocycles. The minimum atomic E-state index is -0.341. The van der Waals surface area contributed by atoms with Crippen molar-refractivity contribution in [3.8, 4) is 5.75 Å². The number of anilines is 1. The molecule has 0 aliphatic heterocycles. The summed E-state index contributed by atoms with van der Waals surface area (Å²) in [5, 5.41) is 5.50. The van der Waals surface area contributed by atoms with Gasteiger partial charge in [-0.25, -0.2) is 0 Å². The van der Waals surface area contributed by atoms with Crippen LogP contribution in [-0.2, 0) is 4.79 Å². The maximum atomic E-state index is 12.1. The molecular formula is C18H16BrClN2O3. The Hall–Kier alpha value is -2.31. The van der Waals surface area contributed by atoms with E-state index < -0.39 is 0 Å². The molecule has 130 valence electrons. The monoisotopic (exact) mass is 422 g/mol. The fourth-order valence-electron chi connectivity index (χ4n) is 2.10. The van der Waals surface area contributed by atoms with E-state index in [1.165, 1.54) is 19.2 Å². The predicted octanol–water partition coefficient (Wildman–Crippen LogP) is 4.12. The summed E-state index contributed by atoms with van der Waals surface area (Å²) in [7, 11) is 3.08. The van der Waals surface area contributed by atoms with Crippen LogP contribution in [-0.4, -0.2) is 26.0 Å². The Labute approximate surface area is 159 Å². The van der Waals surface area contributed by atoms with Crippen molar-refractivity contribution in [2.45, 2.75) is 0 Å². The Morgan fingerprint density at radius 2 is 1.96 bits per heavy atom. The first kappa shape index (κ1) is 19.0. The van der Waals surface area contributed by atoms with Crippen molar-refractivity contribution in [1.29, 1.82) is 0 Å². The average molecular weight is 424 g/mol. The van der Waals surface area contributed by atoms with Crippen LogP contribution >= 0.6 is 27.5 Å². The number of methoxy groups -OCH3 is 1. The van der Waals surface area contributed by atoms with Gasteiger partial charge in [0.05, 0.1) is 17.7 Å². The zero-order chi connectivity index (χ0) is 18.4. The van der Waals surface area contributed by atoms with E-state index in [9.17, 15) is 9.59 Å². The normalized spacial score (nSPS) is 10.6. The molecule has 25 heavy (non-hydrogen) atoms. The van der Waals surface area contributed by atoms with Crippen LogP contribution in [0, 0.1) is 0 Å². The number of ether oxygens (including phenoxy) is 1. The standard InChI is InChI=1S/C18H16BrClN2O3/c1-21-18(24)14-10-13(5-6-15(14)20)22-17(23)8-3-11-9-12(19)4-7-16(11)25-2/h3-10H,1-2H3,(H,21,24)(H,22,23)/b8-3+. The third-order valence-electron chi connectivity index (χ3n) is 3.31. The highest BCUT2D eigenvalue weighted by atomic mass is 79.9. The second-order valence-corrected chi connectivity index (χ2v) is 6.31. The van der Waals surface area contributed by atoms with Gasteiger partial charge < -0.3 is 15.4 Å². The van der Waals surface area contributed by atoms with Crippen LogP contribution < -0.4 is 15.4 Å². The summed E-state index contributed by atoms with van der Waals surface area (Å²) in [6.45, 7) is 0. The molecule has 0 saturated heterocycles. The molecule has 5 nitrogen and oxygen atoms in total. The summed E-state index contributed by atoms with van der Waals surface area (Å²) in [5.74, 6) is -0.0108. The number of carbonyl (C=O) groups excluding carboxylic acids is 2. The van der Waals surface area contributed by atoms with E-state index in [4.69, 9.17) is 16.3 Å².